The van der Waals surface area contributed by atoms with Crippen LogP contribution in [-0.4, -0.2) is 9.97 Å². The minimum atomic E-state index is -0.919. The summed E-state index contributed by atoms with van der Waals surface area (Å²) in [6.45, 7) is 0. The van der Waals surface area contributed by atoms with Gasteiger partial charge in [-0.3, -0.25) is 0 Å². The van der Waals surface area contributed by atoms with Gasteiger partial charge in [0, 0.05) is 11.5 Å². The van der Waals surface area contributed by atoms with Gasteiger partial charge in [0.2, 0.25) is 0 Å². The number of benzene rings is 1. The van der Waals surface area contributed by atoms with Gasteiger partial charge < -0.3 is 0 Å². The maximum Gasteiger partial charge on any atom is 0.161 e. The van der Waals surface area contributed by atoms with E-state index in [1.54, 1.807) is 0 Å². The molecule has 2 nitrogen and oxygen atoms in total. The van der Waals surface area contributed by atoms with Crippen molar-refractivity contribution in [1.29, 1.82) is 0 Å². The first kappa shape index (κ1) is 14.9. The Morgan fingerprint density at radius 3 is 2.48 bits per heavy atom. The van der Waals surface area contributed by atoms with E-state index in [1.165, 1.54) is 18.9 Å². The molecule has 1 saturated carbocycles. The summed E-state index contributed by atoms with van der Waals surface area (Å²) >= 11 is 9.58. The lowest BCUT2D eigenvalue weighted by Gasteiger charge is -2.13. The first-order chi connectivity index (χ1) is 10.1. The van der Waals surface area contributed by atoms with Crippen LogP contribution in [0.5, 0.6) is 0 Å². The van der Waals surface area contributed by atoms with E-state index in [-0.39, 0.29) is 0 Å². The monoisotopic (exact) mass is 372 g/mol. The number of rotatable bonds is 2. The fourth-order valence-electron chi connectivity index (χ4n) is 2.67. The second kappa shape index (κ2) is 5.97. The van der Waals surface area contributed by atoms with Crippen LogP contribution >= 0.6 is 27.5 Å². The minimum absolute atomic E-state index is 0.298. The molecular formula is C15H12BrClF2N2. The lowest BCUT2D eigenvalue weighted by molar-refractivity contribution is 0.509. The molecule has 0 aliphatic heterocycles. The molecule has 6 heteroatoms. The molecular weight excluding hydrogens is 362 g/mol. The van der Waals surface area contributed by atoms with Crippen molar-refractivity contribution in [3.8, 4) is 11.4 Å². The summed E-state index contributed by atoms with van der Waals surface area (Å²) in [4.78, 5) is 8.69. The zero-order valence-corrected chi connectivity index (χ0v) is 13.4. The number of nitrogens with zero attached hydrogens (tertiary/aromatic N) is 2. The van der Waals surface area contributed by atoms with E-state index in [0.717, 1.165) is 30.7 Å². The van der Waals surface area contributed by atoms with Gasteiger partial charge >= 0.3 is 0 Å². The van der Waals surface area contributed by atoms with Crippen molar-refractivity contribution in [1.82, 2.24) is 9.97 Å². The smallest absolute Gasteiger partial charge is 0.161 e. The molecule has 0 bridgehead atoms. The summed E-state index contributed by atoms with van der Waals surface area (Å²) in [5.41, 5.74) is 1.27. The molecule has 0 amide bonds. The predicted octanol–water partition coefficient (Wildman–Crippen LogP) is 5.50. The Hall–Kier alpha value is -1.07. The summed E-state index contributed by atoms with van der Waals surface area (Å²) in [5.74, 6) is -1.15. The van der Waals surface area contributed by atoms with Crippen LogP contribution in [0, 0.1) is 11.6 Å². The molecule has 0 N–H and O–H groups in total. The van der Waals surface area contributed by atoms with Gasteiger partial charge in [0.15, 0.2) is 17.5 Å². The third kappa shape index (κ3) is 2.94. The molecule has 0 radical (unpaired) electrons. The van der Waals surface area contributed by atoms with Gasteiger partial charge in [-0.25, -0.2) is 18.7 Å². The van der Waals surface area contributed by atoms with Gasteiger partial charge in [-0.1, -0.05) is 24.4 Å². The Bertz CT molecular complexity index is 688. The van der Waals surface area contributed by atoms with E-state index in [0.29, 0.717) is 26.9 Å². The van der Waals surface area contributed by atoms with E-state index in [9.17, 15) is 8.78 Å². The maximum atomic E-state index is 13.4. The first-order valence-electron chi connectivity index (χ1n) is 6.74. The van der Waals surface area contributed by atoms with Crippen LogP contribution in [0.15, 0.2) is 22.7 Å². The van der Waals surface area contributed by atoms with Crippen LogP contribution in [0.2, 0.25) is 5.15 Å². The van der Waals surface area contributed by atoms with Gasteiger partial charge in [0.25, 0.3) is 0 Å². The summed E-state index contributed by atoms with van der Waals surface area (Å²) < 4.78 is 27.1. The largest absolute Gasteiger partial charge is 0.231 e. The lowest BCUT2D eigenvalue weighted by Crippen LogP contribution is -2.03. The SMILES string of the molecule is Fc1ccc(-c2nc(Cl)c(Br)c(C3CCCC3)n2)cc1F. The molecule has 110 valence electrons. The van der Waals surface area contributed by atoms with Crippen molar-refractivity contribution >= 4 is 27.5 Å². The molecule has 0 unspecified atom stereocenters. The van der Waals surface area contributed by atoms with Gasteiger partial charge in [-0.05, 0) is 47.0 Å². The molecule has 0 atom stereocenters. The van der Waals surface area contributed by atoms with Crippen LogP contribution in [0.1, 0.15) is 37.3 Å². The Morgan fingerprint density at radius 1 is 1.10 bits per heavy atom. The van der Waals surface area contributed by atoms with Crippen molar-refractivity contribution in [2.45, 2.75) is 31.6 Å². The summed E-state index contributed by atoms with van der Waals surface area (Å²) in [6.07, 6.45) is 4.45. The Labute approximate surface area is 134 Å². The molecule has 1 aliphatic carbocycles. The summed E-state index contributed by atoms with van der Waals surface area (Å²) in [7, 11) is 0. The molecule has 1 fully saturated rings. The lowest BCUT2D eigenvalue weighted by atomic mass is 10.0. The highest BCUT2D eigenvalue weighted by atomic mass is 79.9. The van der Waals surface area contributed by atoms with Gasteiger partial charge in [0.05, 0.1) is 10.2 Å². The zero-order valence-electron chi connectivity index (χ0n) is 11.0. The highest BCUT2D eigenvalue weighted by molar-refractivity contribution is 9.10. The predicted molar refractivity (Wildman–Crippen MR) is 81.3 cm³/mol. The molecule has 1 aliphatic rings. The Kier molecular flexibility index (Phi) is 4.22. The minimum Gasteiger partial charge on any atom is -0.231 e. The van der Waals surface area contributed by atoms with Crippen LogP contribution < -0.4 is 0 Å². The molecule has 3 rings (SSSR count). The van der Waals surface area contributed by atoms with Crippen LogP contribution in [0.3, 0.4) is 0 Å². The van der Waals surface area contributed by atoms with Crippen molar-refractivity contribution in [3.05, 3.63) is 45.2 Å². The molecule has 1 aromatic heterocycles. The number of aromatic nitrogens is 2. The van der Waals surface area contributed by atoms with Gasteiger partial charge in [0.1, 0.15) is 5.15 Å². The van der Waals surface area contributed by atoms with Crippen molar-refractivity contribution in [3.63, 3.8) is 0 Å². The van der Waals surface area contributed by atoms with Crippen molar-refractivity contribution in [2.75, 3.05) is 0 Å². The third-order valence-corrected chi connectivity index (χ3v) is 5.04. The molecule has 1 aromatic carbocycles. The maximum absolute atomic E-state index is 13.4. The van der Waals surface area contributed by atoms with Gasteiger partial charge in [-0.15, -0.1) is 0 Å². The van der Waals surface area contributed by atoms with E-state index >= 15 is 0 Å². The molecule has 0 spiro atoms. The second-order valence-corrected chi connectivity index (χ2v) is 6.30. The molecule has 21 heavy (non-hydrogen) atoms. The Balaban J connectivity index is 2.08. The molecule has 0 saturated heterocycles. The number of hydrogen-bond donors (Lipinski definition) is 0. The fraction of sp³-hybridized carbons (Fsp3) is 0.333. The van der Waals surface area contributed by atoms with E-state index in [2.05, 4.69) is 25.9 Å². The Morgan fingerprint density at radius 2 is 1.81 bits per heavy atom. The average molecular weight is 374 g/mol. The first-order valence-corrected chi connectivity index (χ1v) is 7.91. The van der Waals surface area contributed by atoms with Crippen molar-refractivity contribution in [2.24, 2.45) is 0 Å². The highest BCUT2D eigenvalue weighted by Crippen LogP contribution is 2.39. The number of halogens is 4. The third-order valence-electron chi connectivity index (χ3n) is 3.76. The van der Waals surface area contributed by atoms with Crippen LogP contribution in [0.25, 0.3) is 11.4 Å². The molecule has 2 aromatic rings. The number of hydrogen-bond acceptors (Lipinski definition) is 2. The van der Waals surface area contributed by atoms with Crippen LogP contribution in [-0.2, 0) is 0 Å². The summed E-state index contributed by atoms with van der Waals surface area (Å²) in [6, 6.07) is 3.61. The zero-order chi connectivity index (χ0) is 15.0. The van der Waals surface area contributed by atoms with Gasteiger partial charge in [-0.2, -0.15) is 0 Å². The standard InChI is InChI=1S/C15H12BrClF2N2/c16-12-13(8-3-1-2-4-8)20-15(21-14(12)17)9-5-6-10(18)11(19)7-9/h5-8H,1-4H2. The highest BCUT2D eigenvalue weighted by Gasteiger charge is 2.24. The second-order valence-electron chi connectivity index (χ2n) is 5.15. The topological polar surface area (TPSA) is 25.8 Å². The summed E-state index contributed by atoms with van der Waals surface area (Å²) in [5, 5.41) is 0.298. The van der Waals surface area contributed by atoms with Crippen molar-refractivity contribution < 1.29 is 8.78 Å². The normalized spacial score (nSPS) is 15.6. The van der Waals surface area contributed by atoms with E-state index in [4.69, 9.17) is 11.6 Å². The van der Waals surface area contributed by atoms with Crippen LogP contribution in [0.4, 0.5) is 8.78 Å². The fourth-order valence-corrected chi connectivity index (χ4v) is 3.35. The molecule has 1 heterocycles. The van der Waals surface area contributed by atoms with E-state index in [1.807, 2.05) is 0 Å². The quantitative estimate of drug-likeness (QED) is 0.650. The van der Waals surface area contributed by atoms with E-state index < -0.39 is 11.6 Å². The average Bonchev–Trinajstić information content (AvgIpc) is 2.98.